The van der Waals surface area contributed by atoms with Crippen molar-refractivity contribution in [3.8, 4) is 5.75 Å². The Kier molecular flexibility index (Phi) is 5.98. The molecule has 2 aromatic carbocycles. The number of hydrogen-bond acceptors (Lipinski definition) is 4. The predicted octanol–water partition coefficient (Wildman–Crippen LogP) is 2.91. The van der Waals surface area contributed by atoms with Crippen LogP contribution >= 0.6 is 0 Å². The Hall–Kier alpha value is -2.33. The zero-order valence-electron chi connectivity index (χ0n) is 13.1. The maximum absolute atomic E-state index is 9.24. The minimum absolute atomic E-state index is 0.0756. The number of hydrogen-bond donors (Lipinski definition) is 1. The van der Waals surface area contributed by atoms with E-state index < -0.39 is 0 Å². The molecule has 0 aliphatic heterocycles. The van der Waals surface area contributed by atoms with Gasteiger partial charge in [0.15, 0.2) is 0 Å². The van der Waals surface area contributed by atoms with E-state index in [1.807, 2.05) is 54.4 Å². The Morgan fingerprint density at radius 1 is 1.09 bits per heavy atom. The van der Waals surface area contributed by atoms with E-state index in [0.29, 0.717) is 13.1 Å². The third-order valence-corrected chi connectivity index (χ3v) is 3.37. The summed E-state index contributed by atoms with van der Waals surface area (Å²) in [5, 5.41) is 15.8. The molecular formula is C18H22N2O2. The third kappa shape index (κ3) is 4.60. The zero-order chi connectivity index (χ0) is 15.8. The summed E-state index contributed by atoms with van der Waals surface area (Å²) in [7, 11) is 1.65. The van der Waals surface area contributed by atoms with E-state index in [9.17, 15) is 5.11 Å². The molecule has 0 spiro atoms. The summed E-state index contributed by atoms with van der Waals surface area (Å²) in [6.45, 7) is 3.22. The molecule has 0 amide bonds. The van der Waals surface area contributed by atoms with Crippen LogP contribution < -0.4 is 4.74 Å². The van der Waals surface area contributed by atoms with Gasteiger partial charge in [0.05, 0.1) is 32.5 Å². The van der Waals surface area contributed by atoms with E-state index in [-0.39, 0.29) is 6.61 Å². The summed E-state index contributed by atoms with van der Waals surface area (Å²) < 4.78 is 5.16. The summed E-state index contributed by atoms with van der Waals surface area (Å²) >= 11 is 0. The van der Waals surface area contributed by atoms with Gasteiger partial charge in [-0.2, -0.15) is 5.10 Å². The van der Waals surface area contributed by atoms with Crippen LogP contribution in [0.25, 0.3) is 0 Å². The van der Waals surface area contributed by atoms with Crippen LogP contribution in [0.5, 0.6) is 5.75 Å². The highest BCUT2D eigenvalue weighted by Crippen LogP contribution is 2.13. The lowest BCUT2D eigenvalue weighted by Gasteiger charge is -2.19. The van der Waals surface area contributed by atoms with Crippen LogP contribution in [0.4, 0.5) is 0 Å². The average Bonchev–Trinajstić information content (AvgIpc) is 2.56. The Bertz CT molecular complexity index is 594. The summed E-state index contributed by atoms with van der Waals surface area (Å²) in [6.07, 6.45) is 0. The fourth-order valence-corrected chi connectivity index (χ4v) is 2.18. The van der Waals surface area contributed by atoms with E-state index in [0.717, 1.165) is 17.0 Å². The Morgan fingerprint density at radius 3 is 2.36 bits per heavy atom. The van der Waals surface area contributed by atoms with Gasteiger partial charge >= 0.3 is 0 Å². The minimum Gasteiger partial charge on any atom is -0.497 e. The highest BCUT2D eigenvalue weighted by atomic mass is 16.5. The molecule has 0 fully saturated rings. The van der Waals surface area contributed by atoms with Crippen molar-refractivity contribution >= 4 is 5.71 Å². The van der Waals surface area contributed by atoms with E-state index in [1.165, 1.54) is 5.56 Å². The number of nitrogens with zero attached hydrogens (tertiary/aromatic N) is 2. The van der Waals surface area contributed by atoms with E-state index in [4.69, 9.17) is 4.74 Å². The predicted molar refractivity (Wildman–Crippen MR) is 89.1 cm³/mol. The number of ether oxygens (including phenoxy) is 1. The molecule has 0 aromatic heterocycles. The standard InChI is InChI=1S/C18H22N2O2/c1-15(17-8-10-18(22-2)11-9-17)19-20(12-13-21)14-16-6-4-3-5-7-16/h3-11,21H,12-14H2,1-2H3/b19-15-. The Balaban J connectivity index is 2.13. The first kappa shape index (κ1) is 16.0. The van der Waals surface area contributed by atoms with Crippen molar-refractivity contribution in [2.45, 2.75) is 13.5 Å². The molecule has 2 aromatic rings. The number of benzene rings is 2. The highest BCUT2D eigenvalue weighted by Gasteiger charge is 2.05. The van der Waals surface area contributed by atoms with Crippen LogP contribution in [0.3, 0.4) is 0 Å². The molecule has 4 heteroatoms. The first-order valence-corrected chi connectivity index (χ1v) is 7.32. The maximum atomic E-state index is 9.24. The lowest BCUT2D eigenvalue weighted by molar-refractivity contribution is 0.196. The molecule has 4 nitrogen and oxygen atoms in total. The molecule has 0 saturated carbocycles. The monoisotopic (exact) mass is 298 g/mol. The molecule has 0 atom stereocenters. The molecule has 0 bridgehead atoms. The van der Waals surface area contributed by atoms with Crippen molar-refractivity contribution in [1.82, 2.24) is 5.01 Å². The smallest absolute Gasteiger partial charge is 0.118 e. The molecule has 0 unspecified atom stereocenters. The molecule has 0 heterocycles. The van der Waals surface area contributed by atoms with Gasteiger partial charge in [0, 0.05) is 0 Å². The molecule has 2 rings (SSSR count). The summed E-state index contributed by atoms with van der Waals surface area (Å²) in [5.74, 6) is 0.827. The van der Waals surface area contributed by atoms with Gasteiger partial charge < -0.3 is 9.84 Å². The molecular weight excluding hydrogens is 276 g/mol. The molecule has 116 valence electrons. The van der Waals surface area contributed by atoms with Gasteiger partial charge in [0.1, 0.15) is 5.75 Å². The summed E-state index contributed by atoms with van der Waals surface area (Å²) in [6, 6.07) is 17.9. The third-order valence-electron chi connectivity index (χ3n) is 3.37. The van der Waals surface area contributed by atoms with E-state index in [1.54, 1.807) is 7.11 Å². The van der Waals surface area contributed by atoms with Crippen molar-refractivity contribution in [2.24, 2.45) is 5.10 Å². The van der Waals surface area contributed by atoms with E-state index in [2.05, 4.69) is 17.2 Å². The molecule has 1 N–H and O–H groups in total. The van der Waals surface area contributed by atoms with Crippen LogP contribution in [0.1, 0.15) is 18.1 Å². The second kappa shape index (κ2) is 8.20. The van der Waals surface area contributed by atoms with Gasteiger partial charge in [-0.1, -0.05) is 30.3 Å². The Morgan fingerprint density at radius 2 is 1.77 bits per heavy atom. The normalized spacial score (nSPS) is 11.3. The van der Waals surface area contributed by atoms with Crippen molar-refractivity contribution in [2.75, 3.05) is 20.3 Å². The van der Waals surface area contributed by atoms with Gasteiger partial charge in [-0.25, -0.2) is 0 Å². The Labute approximate surface area is 131 Å². The second-order valence-electron chi connectivity index (χ2n) is 5.01. The van der Waals surface area contributed by atoms with Crippen LogP contribution in [0, 0.1) is 0 Å². The first-order chi connectivity index (χ1) is 10.7. The van der Waals surface area contributed by atoms with Crippen molar-refractivity contribution in [3.63, 3.8) is 0 Å². The molecule has 0 aliphatic rings. The van der Waals surface area contributed by atoms with Gasteiger partial charge in [0.2, 0.25) is 0 Å². The number of methoxy groups -OCH3 is 1. The van der Waals surface area contributed by atoms with Gasteiger partial charge in [-0.15, -0.1) is 0 Å². The molecule has 0 aliphatic carbocycles. The SMILES string of the molecule is COc1ccc(/C(C)=N\N(CCO)Cc2ccccc2)cc1. The minimum atomic E-state index is 0.0756. The maximum Gasteiger partial charge on any atom is 0.118 e. The second-order valence-corrected chi connectivity index (χ2v) is 5.01. The van der Waals surface area contributed by atoms with Crippen LogP contribution in [0.2, 0.25) is 0 Å². The van der Waals surface area contributed by atoms with Gasteiger partial charge in [-0.05, 0) is 42.3 Å². The van der Waals surface area contributed by atoms with Gasteiger partial charge in [0.25, 0.3) is 0 Å². The van der Waals surface area contributed by atoms with Crippen LogP contribution in [0.15, 0.2) is 59.7 Å². The van der Waals surface area contributed by atoms with Crippen LogP contribution in [-0.2, 0) is 6.54 Å². The van der Waals surface area contributed by atoms with Crippen molar-refractivity contribution < 1.29 is 9.84 Å². The van der Waals surface area contributed by atoms with Crippen LogP contribution in [-0.4, -0.2) is 36.1 Å². The quantitative estimate of drug-likeness (QED) is 0.631. The largest absolute Gasteiger partial charge is 0.497 e. The molecule has 22 heavy (non-hydrogen) atoms. The fourth-order valence-electron chi connectivity index (χ4n) is 2.18. The molecule has 0 radical (unpaired) electrons. The lowest BCUT2D eigenvalue weighted by atomic mass is 10.1. The zero-order valence-corrected chi connectivity index (χ0v) is 13.1. The number of aliphatic hydroxyl groups excluding tert-OH is 1. The number of rotatable bonds is 7. The van der Waals surface area contributed by atoms with Gasteiger partial charge in [-0.3, -0.25) is 5.01 Å². The first-order valence-electron chi connectivity index (χ1n) is 7.32. The van der Waals surface area contributed by atoms with Crippen molar-refractivity contribution in [3.05, 3.63) is 65.7 Å². The average molecular weight is 298 g/mol. The fraction of sp³-hybridized carbons (Fsp3) is 0.278. The summed E-state index contributed by atoms with van der Waals surface area (Å²) in [4.78, 5) is 0. The highest BCUT2D eigenvalue weighted by molar-refractivity contribution is 5.98. The van der Waals surface area contributed by atoms with E-state index >= 15 is 0 Å². The number of aliphatic hydroxyl groups is 1. The summed E-state index contributed by atoms with van der Waals surface area (Å²) in [5.41, 5.74) is 3.12. The number of hydrazone groups is 1. The molecule has 0 saturated heterocycles. The van der Waals surface area contributed by atoms with Crippen molar-refractivity contribution in [1.29, 1.82) is 0 Å². The lowest BCUT2D eigenvalue weighted by Crippen LogP contribution is -2.22. The topological polar surface area (TPSA) is 45.1 Å².